The smallest absolute Gasteiger partial charge is 0.324 e. The summed E-state index contributed by atoms with van der Waals surface area (Å²) in [5, 5.41) is 18.8. The highest BCUT2D eigenvalue weighted by Crippen LogP contribution is 2.26. The molecule has 3 rings (SSSR count). The summed E-state index contributed by atoms with van der Waals surface area (Å²) in [5.41, 5.74) is 2.39. The Hall–Kier alpha value is -2.87. The van der Waals surface area contributed by atoms with Gasteiger partial charge in [0, 0.05) is 37.7 Å². The minimum atomic E-state index is -0.846. The lowest BCUT2D eigenvalue weighted by atomic mass is 9.99. The Bertz CT molecular complexity index is 812. The Balaban J connectivity index is 1.60. The number of amides is 2. The molecule has 2 aromatic rings. The van der Waals surface area contributed by atoms with E-state index in [1.54, 1.807) is 29.9 Å². The van der Waals surface area contributed by atoms with Crippen molar-refractivity contribution in [1.29, 1.82) is 0 Å². The number of aliphatic carboxylic acids is 1. The van der Waals surface area contributed by atoms with Gasteiger partial charge in [-0.15, -0.1) is 0 Å². The Labute approximate surface area is 157 Å². The quantitative estimate of drug-likeness (QED) is 0.723. The van der Waals surface area contributed by atoms with Gasteiger partial charge in [-0.05, 0) is 37.0 Å². The van der Waals surface area contributed by atoms with Crippen molar-refractivity contribution in [3.63, 3.8) is 0 Å². The summed E-state index contributed by atoms with van der Waals surface area (Å²) in [5.74, 6) is 0.0195. The van der Waals surface area contributed by atoms with E-state index in [4.69, 9.17) is 9.84 Å². The number of nitrogens with one attached hydrogen (secondary N) is 2. The maximum absolute atomic E-state index is 12.3. The Kier molecular flexibility index (Phi) is 6.08. The molecule has 1 unspecified atom stereocenters. The summed E-state index contributed by atoms with van der Waals surface area (Å²) < 4.78 is 7.15. The number of hydrogen-bond donors (Lipinski definition) is 3. The molecule has 1 aliphatic heterocycles. The van der Waals surface area contributed by atoms with Gasteiger partial charge in [0.25, 0.3) is 0 Å². The summed E-state index contributed by atoms with van der Waals surface area (Å²) in [6.45, 7) is 1.45. The number of urea groups is 1. The summed E-state index contributed by atoms with van der Waals surface area (Å²) in [4.78, 5) is 23.0. The molecule has 144 valence electrons. The van der Waals surface area contributed by atoms with E-state index in [1.807, 2.05) is 12.1 Å². The SMILES string of the molecule is Cn1nc(C2CCCOC2)cc1NC(=O)Nc1cccc(CCC(=O)O)c1. The van der Waals surface area contributed by atoms with Crippen LogP contribution < -0.4 is 10.6 Å². The van der Waals surface area contributed by atoms with Crippen molar-refractivity contribution >= 4 is 23.5 Å². The van der Waals surface area contributed by atoms with Crippen molar-refractivity contribution in [2.24, 2.45) is 7.05 Å². The molecule has 1 saturated heterocycles. The lowest BCUT2D eigenvalue weighted by molar-refractivity contribution is -0.136. The van der Waals surface area contributed by atoms with E-state index in [0.717, 1.165) is 30.7 Å². The molecular formula is C19H24N4O4. The lowest BCUT2D eigenvalue weighted by Gasteiger charge is -2.19. The van der Waals surface area contributed by atoms with Crippen LogP contribution in [0.2, 0.25) is 0 Å². The number of carbonyl (C=O) groups is 2. The van der Waals surface area contributed by atoms with Crippen molar-refractivity contribution in [2.75, 3.05) is 23.8 Å². The van der Waals surface area contributed by atoms with Crippen LogP contribution in [-0.4, -0.2) is 40.1 Å². The standard InChI is InChI=1S/C19H24N4O4/c1-23-17(11-16(22-23)14-5-3-9-27-12-14)21-19(26)20-15-6-2-4-13(10-15)7-8-18(24)25/h2,4,6,10-11,14H,3,5,7-9,12H2,1H3,(H,24,25)(H2,20,21,26). The number of ether oxygens (including phenoxy) is 1. The van der Waals surface area contributed by atoms with Crippen LogP contribution in [0.15, 0.2) is 30.3 Å². The molecule has 1 fully saturated rings. The largest absolute Gasteiger partial charge is 0.481 e. The fourth-order valence-electron chi connectivity index (χ4n) is 3.11. The van der Waals surface area contributed by atoms with Gasteiger partial charge in [-0.3, -0.25) is 14.8 Å². The fraction of sp³-hybridized carbons (Fsp3) is 0.421. The van der Waals surface area contributed by atoms with Gasteiger partial charge in [-0.2, -0.15) is 5.10 Å². The molecule has 1 atom stereocenters. The van der Waals surface area contributed by atoms with Crippen LogP contribution in [-0.2, 0) is 23.0 Å². The molecule has 1 aliphatic rings. The van der Waals surface area contributed by atoms with E-state index in [0.29, 0.717) is 24.5 Å². The highest BCUT2D eigenvalue weighted by Gasteiger charge is 2.20. The van der Waals surface area contributed by atoms with Crippen LogP contribution in [0.3, 0.4) is 0 Å². The van der Waals surface area contributed by atoms with Gasteiger partial charge in [0.05, 0.1) is 12.3 Å². The topological polar surface area (TPSA) is 105 Å². The maximum Gasteiger partial charge on any atom is 0.324 e. The van der Waals surface area contributed by atoms with Gasteiger partial charge in [0.15, 0.2) is 0 Å². The molecule has 27 heavy (non-hydrogen) atoms. The number of aromatic nitrogens is 2. The van der Waals surface area contributed by atoms with Crippen molar-refractivity contribution in [2.45, 2.75) is 31.6 Å². The highest BCUT2D eigenvalue weighted by atomic mass is 16.5. The molecule has 0 bridgehead atoms. The van der Waals surface area contributed by atoms with Gasteiger partial charge < -0.3 is 15.2 Å². The predicted molar refractivity (Wildman–Crippen MR) is 101 cm³/mol. The summed E-state index contributed by atoms with van der Waals surface area (Å²) in [6.07, 6.45) is 2.52. The fourth-order valence-corrected chi connectivity index (χ4v) is 3.11. The zero-order valence-corrected chi connectivity index (χ0v) is 15.3. The molecule has 2 heterocycles. The minimum Gasteiger partial charge on any atom is -0.481 e. The van der Waals surface area contributed by atoms with Crippen molar-refractivity contribution in [3.8, 4) is 0 Å². The zero-order chi connectivity index (χ0) is 19.2. The van der Waals surface area contributed by atoms with E-state index in [-0.39, 0.29) is 18.4 Å². The number of carboxylic acid groups (broad SMARTS) is 1. The molecule has 0 saturated carbocycles. The number of rotatable bonds is 6. The Morgan fingerprint density at radius 3 is 2.93 bits per heavy atom. The first-order chi connectivity index (χ1) is 13.0. The van der Waals surface area contributed by atoms with Crippen molar-refractivity contribution in [1.82, 2.24) is 9.78 Å². The van der Waals surface area contributed by atoms with E-state index in [1.165, 1.54) is 0 Å². The van der Waals surface area contributed by atoms with Crippen LogP contribution in [0.4, 0.5) is 16.3 Å². The molecule has 0 spiro atoms. The third-order valence-electron chi connectivity index (χ3n) is 4.53. The first-order valence-corrected chi connectivity index (χ1v) is 9.01. The van der Waals surface area contributed by atoms with Crippen LogP contribution in [0.1, 0.15) is 36.4 Å². The number of anilines is 2. The number of benzene rings is 1. The monoisotopic (exact) mass is 372 g/mol. The maximum atomic E-state index is 12.3. The predicted octanol–water partition coefficient (Wildman–Crippen LogP) is 2.98. The second-order valence-electron chi connectivity index (χ2n) is 6.67. The van der Waals surface area contributed by atoms with E-state index >= 15 is 0 Å². The van der Waals surface area contributed by atoms with Gasteiger partial charge in [-0.1, -0.05) is 12.1 Å². The zero-order valence-electron chi connectivity index (χ0n) is 15.3. The number of hydrogen-bond acceptors (Lipinski definition) is 4. The van der Waals surface area contributed by atoms with Crippen LogP contribution in [0.25, 0.3) is 0 Å². The van der Waals surface area contributed by atoms with Crippen LogP contribution >= 0.6 is 0 Å². The Morgan fingerprint density at radius 1 is 1.33 bits per heavy atom. The van der Waals surface area contributed by atoms with Gasteiger partial charge >= 0.3 is 12.0 Å². The molecule has 1 aromatic heterocycles. The second kappa shape index (κ2) is 8.68. The third-order valence-corrected chi connectivity index (χ3v) is 4.53. The van der Waals surface area contributed by atoms with Gasteiger partial charge in [0.1, 0.15) is 5.82 Å². The molecular weight excluding hydrogens is 348 g/mol. The third kappa shape index (κ3) is 5.30. The first kappa shape index (κ1) is 18.9. The Morgan fingerprint density at radius 2 is 2.19 bits per heavy atom. The van der Waals surface area contributed by atoms with Crippen molar-refractivity contribution < 1.29 is 19.4 Å². The molecule has 0 aliphatic carbocycles. The minimum absolute atomic E-state index is 0.0539. The first-order valence-electron chi connectivity index (χ1n) is 9.01. The van der Waals surface area contributed by atoms with E-state index in [9.17, 15) is 9.59 Å². The average Bonchev–Trinajstić information content (AvgIpc) is 3.01. The normalized spacial score (nSPS) is 16.7. The number of nitrogens with zero attached hydrogens (tertiary/aromatic N) is 2. The summed E-state index contributed by atoms with van der Waals surface area (Å²) >= 11 is 0. The lowest BCUT2D eigenvalue weighted by Crippen LogP contribution is -2.21. The number of aryl methyl sites for hydroxylation is 2. The summed E-state index contributed by atoms with van der Waals surface area (Å²) in [6, 6.07) is 8.67. The second-order valence-corrected chi connectivity index (χ2v) is 6.67. The molecule has 3 N–H and O–H groups in total. The van der Waals surface area contributed by atoms with Crippen molar-refractivity contribution in [3.05, 3.63) is 41.6 Å². The molecule has 0 radical (unpaired) electrons. The van der Waals surface area contributed by atoms with Gasteiger partial charge in [0.2, 0.25) is 0 Å². The number of carbonyl (C=O) groups excluding carboxylic acids is 1. The van der Waals surface area contributed by atoms with E-state index < -0.39 is 5.97 Å². The van der Waals surface area contributed by atoms with E-state index in [2.05, 4.69) is 15.7 Å². The summed E-state index contributed by atoms with van der Waals surface area (Å²) in [7, 11) is 1.79. The molecule has 2 amide bonds. The van der Waals surface area contributed by atoms with Crippen LogP contribution in [0.5, 0.6) is 0 Å². The van der Waals surface area contributed by atoms with Crippen LogP contribution in [0, 0.1) is 0 Å². The van der Waals surface area contributed by atoms with Gasteiger partial charge in [-0.25, -0.2) is 4.79 Å². The molecule has 8 nitrogen and oxygen atoms in total. The molecule has 1 aromatic carbocycles. The average molecular weight is 372 g/mol. The molecule has 8 heteroatoms. The highest BCUT2D eigenvalue weighted by molar-refractivity contribution is 5.99. The number of carboxylic acids is 1.